The Morgan fingerprint density at radius 3 is 2.55 bits per heavy atom. The summed E-state index contributed by atoms with van der Waals surface area (Å²) < 4.78 is 26.9. The number of hydrogen-bond acceptors (Lipinski definition) is 9. The molecule has 15 heteroatoms. The van der Waals surface area contributed by atoms with E-state index in [1.165, 1.54) is 32.2 Å². The molecule has 0 spiro atoms. The molecule has 1 aliphatic rings. The minimum Gasteiger partial charge on any atom is -0.493 e. The highest BCUT2D eigenvalue weighted by Crippen LogP contribution is 2.29. The molecular weight excluding hydrogens is 661 g/mol. The van der Waals surface area contributed by atoms with Gasteiger partial charge in [-0.1, -0.05) is 31.2 Å². The minimum atomic E-state index is -1.27. The summed E-state index contributed by atoms with van der Waals surface area (Å²) >= 11 is 0. The fourth-order valence-electron chi connectivity index (χ4n) is 5.67. The molecule has 14 nitrogen and oxygen atoms in total. The van der Waals surface area contributed by atoms with E-state index in [4.69, 9.17) is 9.47 Å². The van der Waals surface area contributed by atoms with Crippen LogP contribution < -0.4 is 25.4 Å². The molecular formula is C36H48FN7O7. The van der Waals surface area contributed by atoms with Crippen LogP contribution in [0.25, 0.3) is 0 Å². The van der Waals surface area contributed by atoms with Crippen LogP contribution in [0, 0.1) is 11.7 Å². The van der Waals surface area contributed by atoms with Gasteiger partial charge in [-0.15, -0.1) is 5.10 Å². The predicted molar refractivity (Wildman–Crippen MR) is 185 cm³/mol. The number of fused-ring (bicyclic) bond motifs is 4. The maximum absolute atomic E-state index is 13.8. The van der Waals surface area contributed by atoms with E-state index in [1.54, 1.807) is 40.0 Å². The van der Waals surface area contributed by atoms with Crippen molar-refractivity contribution in [2.75, 3.05) is 26.7 Å². The van der Waals surface area contributed by atoms with Crippen molar-refractivity contribution in [3.05, 3.63) is 71.3 Å². The monoisotopic (exact) mass is 709 g/mol. The maximum Gasteiger partial charge on any atom is 0.252 e. The van der Waals surface area contributed by atoms with Crippen molar-refractivity contribution in [1.29, 1.82) is 0 Å². The summed E-state index contributed by atoms with van der Waals surface area (Å²) in [5, 5.41) is 27.0. The van der Waals surface area contributed by atoms with Crippen molar-refractivity contribution in [2.24, 2.45) is 5.92 Å². The van der Waals surface area contributed by atoms with Crippen LogP contribution in [0.15, 0.2) is 48.7 Å². The maximum atomic E-state index is 13.8. The number of benzene rings is 2. The highest BCUT2D eigenvalue weighted by Gasteiger charge is 2.30. The Labute approximate surface area is 297 Å². The first-order valence-electron chi connectivity index (χ1n) is 17.2. The van der Waals surface area contributed by atoms with E-state index < -0.39 is 41.7 Å². The third-order valence-corrected chi connectivity index (χ3v) is 8.35. The van der Waals surface area contributed by atoms with Crippen LogP contribution in [0.3, 0.4) is 0 Å². The lowest BCUT2D eigenvalue weighted by atomic mass is 10.0. The van der Waals surface area contributed by atoms with Gasteiger partial charge in [0.15, 0.2) is 11.5 Å². The molecule has 4 rings (SSSR count). The number of aromatic nitrogens is 3. The number of halogens is 1. The molecule has 3 aromatic rings. The van der Waals surface area contributed by atoms with Crippen LogP contribution in [-0.4, -0.2) is 93.6 Å². The minimum absolute atomic E-state index is 0.00945. The molecule has 0 aliphatic carbocycles. The number of nitrogens with zero attached hydrogens (tertiary/aromatic N) is 4. The van der Waals surface area contributed by atoms with E-state index in [1.807, 2.05) is 13.8 Å². The first kappa shape index (κ1) is 38.7. The number of aliphatic hydroxyl groups is 1. The fourth-order valence-corrected chi connectivity index (χ4v) is 5.67. The van der Waals surface area contributed by atoms with Crippen LogP contribution in [0.4, 0.5) is 4.39 Å². The zero-order valence-corrected chi connectivity index (χ0v) is 29.6. The number of aryl methyl sites for hydroxylation is 1. The predicted octanol–water partition coefficient (Wildman–Crippen LogP) is 2.39. The van der Waals surface area contributed by atoms with Crippen molar-refractivity contribution >= 4 is 23.6 Å². The van der Waals surface area contributed by atoms with Crippen molar-refractivity contribution < 1.29 is 38.1 Å². The van der Waals surface area contributed by atoms with Gasteiger partial charge in [-0.05, 0) is 74.4 Å². The molecule has 1 aliphatic heterocycles. The van der Waals surface area contributed by atoms with Crippen LogP contribution in [0.2, 0.25) is 0 Å². The van der Waals surface area contributed by atoms with E-state index in [9.17, 15) is 28.7 Å². The summed E-state index contributed by atoms with van der Waals surface area (Å²) in [6, 6.07) is 8.30. The van der Waals surface area contributed by atoms with Crippen LogP contribution in [0.5, 0.6) is 11.5 Å². The quantitative estimate of drug-likeness (QED) is 0.299. The second kappa shape index (κ2) is 18.8. The zero-order valence-electron chi connectivity index (χ0n) is 29.6. The topological polar surface area (TPSA) is 177 Å². The largest absolute Gasteiger partial charge is 0.493 e. The number of carbonyl (C=O) groups excluding carboxylic acids is 4. The van der Waals surface area contributed by atoms with Crippen LogP contribution in [0.1, 0.15) is 68.1 Å². The molecule has 4 amide bonds. The Morgan fingerprint density at radius 1 is 1.04 bits per heavy atom. The number of rotatable bonds is 6. The van der Waals surface area contributed by atoms with Gasteiger partial charge in [0.2, 0.25) is 17.7 Å². The van der Waals surface area contributed by atoms with E-state index in [2.05, 4.69) is 26.3 Å². The van der Waals surface area contributed by atoms with Gasteiger partial charge in [0.05, 0.1) is 25.8 Å². The Kier molecular flexibility index (Phi) is 14.3. The lowest BCUT2D eigenvalue weighted by Crippen LogP contribution is -2.57. The lowest BCUT2D eigenvalue weighted by Gasteiger charge is -2.26. The molecule has 0 unspecified atom stereocenters. The van der Waals surface area contributed by atoms with E-state index in [0.717, 1.165) is 0 Å². The molecule has 2 heterocycles. The van der Waals surface area contributed by atoms with Crippen molar-refractivity contribution in [3.63, 3.8) is 0 Å². The molecule has 276 valence electrons. The summed E-state index contributed by atoms with van der Waals surface area (Å²) in [6.07, 6.45) is 2.45. The number of nitrogens with one attached hydrogen (secondary N) is 3. The summed E-state index contributed by atoms with van der Waals surface area (Å²) in [6.45, 7) is 6.73. The van der Waals surface area contributed by atoms with Crippen LogP contribution >= 0.6 is 0 Å². The molecule has 4 N–H and O–H groups in total. The second-order valence-corrected chi connectivity index (χ2v) is 13.0. The third-order valence-electron chi connectivity index (χ3n) is 8.35. The standard InChI is InChI=1S/C36H48FN7O7/c1-23(2)17-29-35(48)40-33(24(3)45)36(49)38-13-5-6-14-43(32(46)19-25-9-7-10-27(37)18-25)15-8-16-44-21-28(41-42-44)22-51-31-20-26(34(47)39-29)11-12-30(31)50-4/h7,9-12,18,20-21,23-24,29,33,45H,5-6,8,13-17,19,22H2,1-4H3,(H,38,49)(H,39,47)(H,40,48)/t24-,29-,33+/m1/s1. The Balaban J connectivity index is 1.56. The van der Waals surface area contributed by atoms with Gasteiger partial charge in [0, 0.05) is 31.7 Å². The molecule has 4 bridgehead atoms. The van der Waals surface area contributed by atoms with Crippen molar-refractivity contribution in [1.82, 2.24) is 35.8 Å². The van der Waals surface area contributed by atoms with Gasteiger partial charge in [-0.2, -0.15) is 0 Å². The molecule has 0 fully saturated rings. The van der Waals surface area contributed by atoms with E-state index in [0.29, 0.717) is 55.9 Å². The number of amides is 4. The molecule has 2 aromatic carbocycles. The van der Waals surface area contributed by atoms with Gasteiger partial charge >= 0.3 is 0 Å². The fraction of sp³-hybridized carbons (Fsp3) is 0.500. The SMILES string of the molecule is COc1ccc2cc1OCc1cn(nn1)CCCN(C(=O)Cc1cccc(F)c1)CCCCNC(=O)[C@H]([C@@H](C)O)NC(=O)[C@@H](CC(C)C)NC2=O. The highest BCUT2D eigenvalue weighted by molar-refractivity contribution is 5.99. The van der Waals surface area contributed by atoms with Crippen molar-refractivity contribution in [3.8, 4) is 11.5 Å². The van der Waals surface area contributed by atoms with E-state index in [-0.39, 0.29) is 49.1 Å². The molecule has 0 radical (unpaired) electrons. The third kappa shape index (κ3) is 11.8. The molecule has 51 heavy (non-hydrogen) atoms. The first-order valence-corrected chi connectivity index (χ1v) is 17.2. The number of carbonyl (C=O) groups is 4. The number of aliphatic hydroxyl groups excluding tert-OH is 1. The molecule has 0 saturated heterocycles. The average Bonchev–Trinajstić information content (AvgIpc) is 3.54. The Hall–Kier alpha value is -5.05. The summed E-state index contributed by atoms with van der Waals surface area (Å²) in [5.74, 6) is -1.64. The second-order valence-electron chi connectivity index (χ2n) is 13.0. The van der Waals surface area contributed by atoms with Gasteiger partial charge in [-0.25, -0.2) is 4.39 Å². The molecule has 1 aromatic heterocycles. The summed E-state index contributed by atoms with van der Waals surface area (Å²) in [7, 11) is 1.47. The number of ether oxygens (including phenoxy) is 2. The molecule has 0 saturated carbocycles. The molecule has 3 atom stereocenters. The Bertz CT molecular complexity index is 1650. The normalized spacial score (nSPS) is 19.2. The number of methoxy groups -OCH3 is 1. The van der Waals surface area contributed by atoms with Gasteiger partial charge in [0.25, 0.3) is 5.91 Å². The first-order chi connectivity index (χ1) is 24.4. The van der Waals surface area contributed by atoms with E-state index >= 15 is 0 Å². The highest BCUT2D eigenvalue weighted by atomic mass is 19.1. The van der Waals surface area contributed by atoms with Gasteiger partial charge < -0.3 is 35.4 Å². The summed E-state index contributed by atoms with van der Waals surface area (Å²) in [5.41, 5.74) is 1.32. The average molecular weight is 710 g/mol. The smallest absolute Gasteiger partial charge is 0.252 e. The van der Waals surface area contributed by atoms with Crippen molar-refractivity contribution in [2.45, 2.75) is 84.2 Å². The van der Waals surface area contributed by atoms with Gasteiger partial charge in [0.1, 0.15) is 30.2 Å². The Morgan fingerprint density at radius 2 is 1.82 bits per heavy atom. The number of hydrogen-bond donors (Lipinski definition) is 4. The lowest BCUT2D eigenvalue weighted by molar-refractivity contribution is -0.132. The van der Waals surface area contributed by atoms with Gasteiger partial charge in [-0.3, -0.25) is 23.9 Å². The zero-order chi connectivity index (χ0) is 36.9. The van der Waals surface area contributed by atoms with Crippen LogP contribution in [-0.2, 0) is 34.0 Å². The summed E-state index contributed by atoms with van der Waals surface area (Å²) in [4.78, 5) is 55.0.